The summed E-state index contributed by atoms with van der Waals surface area (Å²) in [5.74, 6) is 0.139. The number of hydrogen-bond donors (Lipinski definition) is 1. The lowest BCUT2D eigenvalue weighted by molar-refractivity contribution is 0.581. The molecular formula is C13H22N2O2S. The first kappa shape index (κ1) is 15.0. The third-order valence-corrected chi connectivity index (χ3v) is 4.62. The molecule has 1 aromatic rings. The van der Waals surface area contributed by atoms with Crippen molar-refractivity contribution in [2.45, 2.75) is 50.5 Å². The molecule has 1 rings (SSSR count). The number of pyridine rings is 1. The molecule has 4 nitrogen and oxygen atoms in total. The molecule has 0 atom stereocenters. The largest absolute Gasteiger partial charge is 0.396 e. The average molecular weight is 270 g/mol. The molecule has 0 saturated heterocycles. The fourth-order valence-electron chi connectivity index (χ4n) is 1.83. The summed E-state index contributed by atoms with van der Waals surface area (Å²) in [5.41, 5.74) is 5.87. The van der Waals surface area contributed by atoms with E-state index in [-0.39, 0.29) is 16.5 Å². The van der Waals surface area contributed by atoms with Gasteiger partial charge in [-0.3, -0.25) is 0 Å². The molecule has 0 spiro atoms. The van der Waals surface area contributed by atoms with Crippen molar-refractivity contribution < 1.29 is 8.42 Å². The Morgan fingerprint density at radius 3 is 2.50 bits per heavy atom. The second-order valence-corrected chi connectivity index (χ2v) is 6.51. The quantitative estimate of drug-likeness (QED) is 0.737. The van der Waals surface area contributed by atoms with Crippen LogP contribution >= 0.6 is 0 Å². The van der Waals surface area contributed by atoms with Crippen LogP contribution in [0.25, 0.3) is 0 Å². The van der Waals surface area contributed by atoms with Gasteiger partial charge in [-0.2, -0.15) is 0 Å². The van der Waals surface area contributed by atoms with Crippen LogP contribution in [-0.2, 0) is 9.84 Å². The van der Waals surface area contributed by atoms with Crippen molar-refractivity contribution in [3.05, 3.63) is 18.3 Å². The maximum Gasteiger partial charge on any atom is 0.197 e. The van der Waals surface area contributed by atoms with Crippen LogP contribution in [0.1, 0.15) is 45.4 Å². The number of aromatic nitrogens is 1. The highest BCUT2D eigenvalue weighted by Crippen LogP contribution is 2.17. The van der Waals surface area contributed by atoms with Crippen molar-refractivity contribution in [2.75, 3.05) is 11.5 Å². The highest BCUT2D eigenvalue weighted by Gasteiger charge is 2.18. The van der Waals surface area contributed by atoms with Gasteiger partial charge in [0.1, 0.15) is 0 Å². The van der Waals surface area contributed by atoms with Gasteiger partial charge in [0.25, 0.3) is 0 Å². The van der Waals surface area contributed by atoms with E-state index in [0.717, 1.165) is 12.8 Å². The van der Waals surface area contributed by atoms with Gasteiger partial charge in [0.2, 0.25) is 0 Å². The summed E-state index contributed by atoms with van der Waals surface area (Å²) >= 11 is 0. The maximum absolute atomic E-state index is 12.0. The summed E-state index contributed by atoms with van der Waals surface area (Å²) in [6.45, 7) is 2.16. The van der Waals surface area contributed by atoms with E-state index in [1.807, 2.05) is 0 Å². The normalized spacial score (nSPS) is 11.6. The van der Waals surface area contributed by atoms with Gasteiger partial charge in [-0.1, -0.05) is 39.0 Å². The fraction of sp³-hybridized carbons (Fsp3) is 0.615. The molecular weight excluding hydrogens is 248 g/mol. The van der Waals surface area contributed by atoms with Crippen LogP contribution in [0.5, 0.6) is 0 Å². The number of rotatable bonds is 8. The van der Waals surface area contributed by atoms with Crippen LogP contribution in [0, 0.1) is 0 Å². The van der Waals surface area contributed by atoms with Gasteiger partial charge in [0.05, 0.1) is 11.4 Å². The van der Waals surface area contributed by atoms with Crippen molar-refractivity contribution in [1.82, 2.24) is 4.98 Å². The molecule has 18 heavy (non-hydrogen) atoms. The zero-order chi connectivity index (χ0) is 13.4. The number of unbranched alkanes of at least 4 members (excludes halogenated alkanes) is 5. The van der Waals surface area contributed by atoms with Gasteiger partial charge in [-0.15, -0.1) is 0 Å². The van der Waals surface area contributed by atoms with Gasteiger partial charge >= 0.3 is 0 Å². The topological polar surface area (TPSA) is 73.0 Å². The first-order valence-electron chi connectivity index (χ1n) is 6.51. The second-order valence-electron chi connectivity index (χ2n) is 4.48. The zero-order valence-corrected chi connectivity index (χ0v) is 11.7. The first-order valence-corrected chi connectivity index (χ1v) is 8.16. The summed E-state index contributed by atoms with van der Waals surface area (Å²) in [6, 6.07) is 3.21. The highest BCUT2D eigenvalue weighted by molar-refractivity contribution is 7.91. The Bertz CT molecular complexity index is 458. The molecule has 0 aromatic carbocycles. The van der Waals surface area contributed by atoms with E-state index < -0.39 is 9.84 Å². The van der Waals surface area contributed by atoms with Crippen LogP contribution in [0.2, 0.25) is 0 Å². The van der Waals surface area contributed by atoms with Crippen LogP contribution in [-0.4, -0.2) is 19.2 Å². The van der Waals surface area contributed by atoms with Crippen molar-refractivity contribution in [3.63, 3.8) is 0 Å². The van der Waals surface area contributed by atoms with Crippen LogP contribution in [0.4, 0.5) is 5.69 Å². The molecule has 2 N–H and O–H groups in total. The molecule has 0 aliphatic heterocycles. The summed E-state index contributed by atoms with van der Waals surface area (Å²) in [5, 5.41) is 0.0264. The molecule has 0 saturated carbocycles. The third-order valence-electron chi connectivity index (χ3n) is 2.86. The Morgan fingerprint density at radius 1 is 1.17 bits per heavy atom. The van der Waals surface area contributed by atoms with E-state index in [1.54, 1.807) is 12.1 Å². The molecule has 1 aromatic heterocycles. The van der Waals surface area contributed by atoms with Crippen molar-refractivity contribution in [3.8, 4) is 0 Å². The van der Waals surface area contributed by atoms with Crippen molar-refractivity contribution in [2.24, 2.45) is 0 Å². The van der Waals surface area contributed by atoms with Crippen molar-refractivity contribution >= 4 is 15.5 Å². The standard InChI is InChI=1S/C13H22N2O2S/c1-2-3-4-5-6-7-11-18(16,17)13-12(14)9-8-10-15-13/h8-10H,2-7,11,14H2,1H3. The fourth-order valence-corrected chi connectivity index (χ4v) is 3.26. The number of nitrogen functional groups attached to an aromatic ring is 1. The monoisotopic (exact) mass is 270 g/mol. The van der Waals surface area contributed by atoms with E-state index >= 15 is 0 Å². The van der Waals surface area contributed by atoms with E-state index in [1.165, 1.54) is 25.5 Å². The average Bonchev–Trinajstić information content (AvgIpc) is 2.34. The minimum absolute atomic E-state index is 0.0264. The summed E-state index contributed by atoms with van der Waals surface area (Å²) in [4.78, 5) is 3.87. The Balaban J connectivity index is 2.44. The Morgan fingerprint density at radius 2 is 1.83 bits per heavy atom. The SMILES string of the molecule is CCCCCCCCS(=O)(=O)c1ncccc1N. The smallest absolute Gasteiger partial charge is 0.197 e. The number of nitrogens with two attached hydrogens (primary N) is 1. The number of anilines is 1. The summed E-state index contributed by atoms with van der Waals surface area (Å²) in [7, 11) is -3.32. The van der Waals surface area contributed by atoms with Crippen LogP contribution in [0.3, 0.4) is 0 Å². The van der Waals surface area contributed by atoms with Gasteiger partial charge in [-0.05, 0) is 18.6 Å². The van der Waals surface area contributed by atoms with Crippen molar-refractivity contribution in [1.29, 1.82) is 0 Å². The molecule has 102 valence electrons. The van der Waals surface area contributed by atoms with Crippen LogP contribution in [0.15, 0.2) is 23.4 Å². The minimum atomic E-state index is -3.32. The summed E-state index contributed by atoms with van der Waals surface area (Å²) < 4.78 is 24.0. The Kier molecular flexibility index (Phi) is 6.12. The predicted molar refractivity (Wildman–Crippen MR) is 74.1 cm³/mol. The van der Waals surface area contributed by atoms with Gasteiger partial charge < -0.3 is 5.73 Å². The molecule has 1 heterocycles. The molecule has 0 aliphatic carbocycles. The number of nitrogens with zero attached hydrogens (tertiary/aromatic N) is 1. The molecule has 0 amide bonds. The summed E-state index contributed by atoms with van der Waals surface area (Å²) in [6.07, 6.45) is 7.80. The number of hydrogen-bond acceptors (Lipinski definition) is 4. The van der Waals surface area contributed by atoms with E-state index in [9.17, 15) is 8.42 Å². The maximum atomic E-state index is 12.0. The minimum Gasteiger partial charge on any atom is -0.396 e. The predicted octanol–water partition coefficient (Wildman–Crippen LogP) is 2.80. The molecule has 0 fully saturated rings. The lowest BCUT2D eigenvalue weighted by atomic mass is 10.1. The van der Waals surface area contributed by atoms with Gasteiger partial charge in [-0.25, -0.2) is 13.4 Å². The lowest BCUT2D eigenvalue weighted by Gasteiger charge is -2.06. The molecule has 5 heteroatoms. The van der Waals surface area contributed by atoms with E-state index in [2.05, 4.69) is 11.9 Å². The molecule has 0 bridgehead atoms. The molecule has 0 aliphatic rings. The Labute approximate surface area is 110 Å². The zero-order valence-electron chi connectivity index (χ0n) is 10.9. The molecule has 0 unspecified atom stereocenters. The van der Waals surface area contributed by atoms with Gasteiger partial charge in [0.15, 0.2) is 14.9 Å². The Hall–Kier alpha value is -1.10. The van der Waals surface area contributed by atoms with E-state index in [0.29, 0.717) is 6.42 Å². The lowest BCUT2D eigenvalue weighted by Crippen LogP contribution is -2.11. The highest BCUT2D eigenvalue weighted by atomic mass is 32.2. The van der Waals surface area contributed by atoms with Gasteiger partial charge in [0, 0.05) is 6.20 Å². The van der Waals surface area contributed by atoms with E-state index in [4.69, 9.17) is 5.73 Å². The molecule has 0 radical (unpaired) electrons. The second kappa shape index (κ2) is 7.36. The van der Waals surface area contributed by atoms with Crippen LogP contribution < -0.4 is 5.73 Å². The first-order chi connectivity index (χ1) is 8.58. The third kappa shape index (κ3) is 4.64. The number of sulfone groups is 1.